The highest BCUT2D eigenvalue weighted by atomic mass is 32.2. The standard InChI is InChI=1S/C22H27N3O6S/c1-32(29,30)21-9-8-18(15-20(21)25(27)28)22(26)23-10-5-13-31-19-7-4-6-17(14-19)16-24-11-2-3-12-24/h4,6-9,14-15H,2-3,5,10-13,16H2,1H3,(H,23,26). The van der Waals surface area contributed by atoms with Crippen LogP contribution in [0.4, 0.5) is 5.69 Å². The van der Waals surface area contributed by atoms with E-state index < -0.39 is 31.3 Å². The summed E-state index contributed by atoms with van der Waals surface area (Å²) in [7, 11) is -3.77. The lowest BCUT2D eigenvalue weighted by molar-refractivity contribution is -0.387. The van der Waals surface area contributed by atoms with Crippen molar-refractivity contribution < 1.29 is 22.9 Å². The molecule has 0 unspecified atom stereocenters. The third kappa shape index (κ3) is 6.51. The SMILES string of the molecule is CS(=O)(=O)c1ccc(C(=O)NCCCOc2cccc(CN3CCCC3)c2)cc1[N+](=O)[O-]. The van der Waals surface area contributed by atoms with Crippen LogP contribution in [0.3, 0.4) is 0 Å². The Morgan fingerprint density at radius 3 is 2.62 bits per heavy atom. The number of carbonyl (C=O) groups excluding carboxylic acids is 1. The van der Waals surface area contributed by atoms with Crippen LogP contribution in [0.2, 0.25) is 0 Å². The number of benzene rings is 2. The van der Waals surface area contributed by atoms with Crippen molar-refractivity contribution in [3.05, 3.63) is 63.7 Å². The van der Waals surface area contributed by atoms with Crippen molar-refractivity contribution in [2.24, 2.45) is 0 Å². The van der Waals surface area contributed by atoms with Crippen molar-refractivity contribution in [3.8, 4) is 5.75 Å². The molecule has 3 rings (SSSR count). The molecule has 1 aliphatic heterocycles. The zero-order valence-corrected chi connectivity index (χ0v) is 18.8. The average molecular weight is 462 g/mol. The van der Waals surface area contributed by atoms with Gasteiger partial charge in [0.25, 0.3) is 11.6 Å². The van der Waals surface area contributed by atoms with Crippen LogP contribution in [-0.2, 0) is 16.4 Å². The fraction of sp³-hybridized carbons (Fsp3) is 0.409. The number of hydrogen-bond acceptors (Lipinski definition) is 7. The fourth-order valence-electron chi connectivity index (χ4n) is 3.61. The Morgan fingerprint density at radius 1 is 1.19 bits per heavy atom. The lowest BCUT2D eigenvalue weighted by Crippen LogP contribution is -2.25. The molecule has 0 saturated carbocycles. The zero-order valence-electron chi connectivity index (χ0n) is 18.0. The van der Waals surface area contributed by atoms with E-state index >= 15 is 0 Å². The molecule has 1 amide bonds. The van der Waals surface area contributed by atoms with Gasteiger partial charge in [-0.15, -0.1) is 0 Å². The molecule has 1 heterocycles. The van der Waals surface area contributed by atoms with Crippen LogP contribution in [0.5, 0.6) is 5.75 Å². The van der Waals surface area contributed by atoms with Gasteiger partial charge in [0.1, 0.15) is 10.6 Å². The summed E-state index contributed by atoms with van der Waals surface area (Å²) in [6.07, 6.45) is 3.93. The van der Waals surface area contributed by atoms with E-state index in [4.69, 9.17) is 4.74 Å². The first-order chi connectivity index (χ1) is 15.2. The molecule has 1 saturated heterocycles. The van der Waals surface area contributed by atoms with Gasteiger partial charge in [-0.2, -0.15) is 0 Å². The zero-order chi connectivity index (χ0) is 23.1. The van der Waals surface area contributed by atoms with Crippen molar-refractivity contribution in [2.45, 2.75) is 30.7 Å². The molecule has 0 atom stereocenters. The van der Waals surface area contributed by atoms with Crippen LogP contribution < -0.4 is 10.1 Å². The predicted molar refractivity (Wildman–Crippen MR) is 120 cm³/mol. The van der Waals surface area contributed by atoms with Crippen molar-refractivity contribution >= 4 is 21.4 Å². The Balaban J connectivity index is 1.47. The topological polar surface area (TPSA) is 119 Å². The number of likely N-dealkylation sites (tertiary alicyclic amines) is 1. The quantitative estimate of drug-likeness (QED) is 0.328. The second kappa shape index (κ2) is 10.6. The van der Waals surface area contributed by atoms with Gasteiger partial charge in [0, 0.05) is 31.0 Å². The van der Waals surface area contributed by atoms with Crippen LogP contribution in [0.25, 0.3) is 0 Å². The smallest absolute Gasteiger partial charge is 0.288 e. The molecule has 0 bridgehead atoms. The predicted octanol–water partition coefficient (Wildman–Crippen LogP) is 2.79. The first-order valence-electron chi connectivity index (χ1n) is 10.4. The minimum Gasteiger partial charge on any atom is -0.494 e. The maximum atomic E-state index is 12.3. The molecule has 1 aliphatic rings. The molecule has 9 nitrogen and oxygen atoms in total. The number of carbonyl (C=O) groups is 1. The molecule has 10 heteroatoms. The third-order valence-electron chi connectivity index (χ3n) is 5.20. The molecule has 0 aliphatic carbocycles. The Hall–Kier alpha value is -2.98. The number of amides is 1. The van der Waals surface area contributed by atoms with Crippen LogP contribution in [-0.4, -0.2) is 56.6 Å². The molecule has 1 fully saturated rings. The number of ether oxygens (including phenoxy) is 1. The van der Waals surface area contributed by atoms with Crippen molar-refractivity contribution in [1.82, 2.24) is 10.2 Å². The first-order valence-corrected chi connectivity index (χ1v) is 12.3. The highest BCUT2D eigenvalue weighted by Crippen LogP contribution is 2.25. The molecule has 2 aromatic rings. The Morgan fingerprint density at radius 2 is 1.94 bits per heavy atom. The van der Waals surface area contributed by atoms with Gasteiger partial charge in [0.05, 0.1) is 11.5 Å². The van der Waals surface area contributed by atoms with Crippen LogP contribution in [0, 0.1) is 10.1 Å². The van der Waals surface area contributed by atoms with Crippen molar-refractivity contribution in [3.63, 3.8) is 0 Å². The molecule has 0 aromatic heterocycles. The van der Waals surface area contributed by atoms with Gasteiger partial charge in [0.15, 0.2) is 9.84 Å². The highest BCUT2D eigenvalue weighted by molar-refractivity contribution is 7.90. The molecule has 32 heavy (non-hydrogen) atoms. The van der Waals surface area contributed by atoms with Gasteiger partial charge in [-0.25, -0.2) is 8.42 Å². The van der Waals surface area contributed by atoms with E-state index in [1.54, 1.807) is 0 Å². The van der Waals surface area contributed by atoms with E-state index in [0.29, 0.717) is 19.6 Å². The lowest BCUT2D eigenvalue weighted by Gasteiger charge is -2.15. The lowest BCUT2D eigenvalue weighted by atomic mass is 10.2. The van der Waals surface area contributed by atoms with Crippen molar-refractivity contribution in [2.75, 3.05) is 32.5 Å². The Bertz CT molecular complexity index is 1080. The van der Waals surface area contributed by atoms with Crippen LogP contribution in [0.15, 0.2) is 47.4 Å². The number of sulfone groups is 1. The summed E-state index contributed by atoms with van der Waals surface area (Å²) >= 11 is 0. The maximum Gasteiger partial charge on any atom is 0.288 e. The Kier molecular flexibility index (Phi) is 7.81. The van der Waals surface area contributed by atoms with Gasteiger partial charge in [-0.05, 0) is 62.2 Å². The van der Waals surface area contributed by atoms with E-state index in [1.165, 1.54) is 24.5 Å². The number of nitrogens with zero attached hydrogens (tertiary/aromatic N) is 2. The normalized spacial score (nSPS) is 14.3. The van der Waals surface area contributed by atoms with Gasteiger partial charge < -0.3 is 10.1 Å². The maximum absolute atomic E-state index is 12.3. The van der Waals surface area contributed by atoms with Crippen molar-refractivity contribution in [1.29, 1.82) is 0 Å². The summed E-state index contributed by atoms with van der Waals surface area (Å²) in [5.41, 5.74) is 0.619. The molecule has 172 valence electrons. The molecular weight excluding hydrogens is 434 g/mol. The summed E-state index contributed by atoms with van der Waals surface area (Å²) in [5, 5.41) is 13.9. The van der Waals surface area contributed by atoms with E-state index in [0.717, 1.165) is 43.8 Å². The highest BCUT2D eigenvalue weighted by Gasteiger charge is 2.24. The molecule has 0 spiro atoms. The summed E-state index contributed by atoms with van der Waals surface area (Å²) < 4.78 is 29.1. The minimum atomic E-state index is -3.77. The van der Waals surface area contributed by atoms with Gasteiger partial charge in [-0.1, -0.05) is 12.1 Å². The first kappa shape index (κ1) is 23.7. The van der Waals surface area contributed by atoms with Gasteiger partial charge in [0.2, 0.25) is 0 Å². The second-order valence-corrected chi connectivity index (χ2v) is 9.78. The van der Waals surface area contributed by atoms with Gasteiger partial charge >= 0.3 is 0 Å². The van der Waals surface area contributed by atoms with E-state index in [-0.39, 0.29) is 5.56 Å². The largest absolute Gasteiger partial charge is 0.494 e. The van der Waals surface area contributed by atoms with E-state index in [9.17, 15) is 23.3 Å². The third-order valence-corrected chi connectivity index (χ3v) is 6.34. The average Bonchev–Trinajstić information content (AvgIpc) is 3.25. The summed E-state index contributed by atoms with van der Waals surface area (Å²) in [6.45, 7) is 3.89. The molecule has 0 radical (unpaired) electrons. The Labute approximate surface area is 187 Å². The summed E-state index contributed by atoms with van der Waals surface area (Å²) in [5.74, 6) is 0.265. The molecular formula is C22H27N3O6S. The minimum absolute atomic E-state index is 0.0274. The number of nitro groups is 1. The number of nitrogens with one attached hydrogen (secondary N) is 1. The second-order valence-electron chi connectivity index (χ2n) is 7.80. The van der Waals surface area contributed by atoms with Gasteiger partial charge in [-0.3, -0.25) is 19.8 Å². The monoisotopic (exact) mass is 461 g/mol. The number of rotatable bonds is 10. The van der Waals surface area contributed by atoms with Crippen LogP contribution >= 0.6 is 0 Å². The number of nitro benzene ring substituents is 1. The van der Waals surface area contributed by atoms with E-state index in [1.807, 2.05) is 18.2 Å². The summed E-state index contributed by atoms with van der Waals surface area (Å²) in [6, 6.07) is 11.3. The molecule has 1 N–H and O–H groups in total. The molecule has 2 aromatic carbocycles. The van der Waals surface area contributed by atoms with Crippen LogP contribution in [0.1, 0.15) is 35.2 Å². The fourth-order valence-corrected chi connectivity index (χ4v) is 4.44. The summed E-state index contributed by atoms with van der Waals surface area (Å²) in [4.78, 5) is 24.7. The van der Waals surface area contributed by atoms with E-state index in [2.05, 4.69) is 16.3 Å². The number of hydrogen-bond donors (Lipinski definition) is 1.